The molecule has 4 fully saturated rings. The van der Waals surface area contributed by atoms with Crippen molar-refractivity contribution < 1.29 is 18.7 Å². The van der Waals surface area contributed by atoms with Gasteiger partial charge in [0.2, 0.25) is 11.8 Å². The topological polar surface area (TPSA) is 103 Å². The Kier molecular flexibility index (Phi) is 5.94. The van der Waals surface area contributed by atoms with Crippen molar-refractivity contribution in [1.29, 1.82) is 0 Å². The van der Waals surface area contributed by atoms with Crippen molar-refractivity contribution in [3.63, 3.8) is 0 Å². The third-order valence-electron chi connectivity index (χ3n) is 8.62. The molecule has 6 rings (SSSR count). The summed E-state index contributed by atoms with van der Waals surface area (Å²) < 4.78 is 19.4. The lowest BCUT2D eigenvalue weighted by Gasteiger charge is -2.40. The largest absolute Gasteiger partial charge is 0.481 e. The van der Waals surface area contributed by atoms with Gasteiger partial charge in [-0.2, -0.15) is 5.10 Å². The summed E-state index contributed by atoms with van der Waals surface area (Å²) in [5.41, 5.74) is 0.613. The van der Waals surface area contributed by atoms with Crippen molar-refractivity contribution >= 4 is 11.8 Å². The molecule has 3 aliphatic heterocycles. The van der Waals surface area contributed by atoms with Crippen molar-refractivity contribution in [2.75, 3.05) is 26.7 Å². The average Bonchev–Trinajstić information content (AvgIpc) is 3.28. The zero-order chi connectivity index (χ0) is 24.9. The number of carbonyl (C=O) groups excluding carboxylic acids is 2. The number of carbonyl (C=O) groups is 2. The first-order valence-electron chi connectivity index (χ1n) is 13.1. The third-order valence-corrected chi connectivity index (χ3v) is 8.62. The summed E-state index contributed by atoms with van der Waals surface area (Å²) in [6.07, 6.45) is 9.00. The molecule has 5 heterocycles. The van der Waals surface area contributed by atoms with E-state index in [0.717, 1.165) is 38.5 Å². The number of amides is 2. The van der Waals surface area contributed by atoms with Crippen molar-refractivity contribution in [1.82, 2.24) is 30.3 Å². The minimum Gasteiger partial charge on any atom is -0.481 e. The summed E-state index contributed by atoms with van der Waals surface area (Å²) in [6.45, 7) is 2.64. The summed E-state index contributed by atoms with van der Waals surface area (Å²) in [6, 6.07) is 3.99. The Morgan fingerprint density at radius 1 is 1.19 bits per heavy atom. The van der Waals surface area contributed by atoms with Crippen LogP contribution in [0.5, 0.6) is 5.88 Å². The smallest absolute Gasteiger partial charge is 0.274 e. The fourth-order valence-electron chi connectivity index (χ4n) is 6.46. The third kappa shape index (κ3) is 4.25. The van der Waals surface area contributed by atoms with Crippen molar-refractivity contribution in [3.05, 3.63) is 29.8 Å². The van der Waals surface area contributed by atoms with Crippen LogP contribution < -0.4 is 10.1 Å². The lowest BCUT2D eigenvalue weighted by Crippen LogP contribution is -2.54. The van der Waals surface area contributed by atoms with Crippen LogP contribution in [-0.4, -0.2) is 81.2 Å². The van der Waals surface area contributed by atoms with Crippen LogP contribution >= 0.6 is 0 Å². The second-order valence-electron chi connectivity index (χ2n) is 10.8. The highest BCUT2D eigenvalue weighted by Crippen LogP contribution is 2.50. The highest BCUT2D eigenvalue weighted by Gasteiger charge is 2.55. The SMILES string of the molecule is COc1cc(-c2cc(C(=O)N3CC[C@H](C(=O)N[C@@H]4CC[C@H]5CCCN5C4)CC34CC4)n[nH]2)c(F)cn1. The molecule has 192 valence electrons. The number of aromatic nitrogens is 3. The van der Waals surface area contributed by atoms with E-state index in [2.05, 4.69) is 25.4 Å². The molecule has 36 heavy (non-hydrogen) atoms. The minimum atomic E-state index is -0.526. The van der Waals surface area contributed by atoms with Crippen LogP contribution in [0.4, 0.5) is 4.39 Å². The molecule has 2 amide bonds. The Balaban J connectivity index is 1.10. The summed E-state index contributed by atoms with van der Waals surface area (Å²) in [5, 5.41) is 10.3. The molecule has 0 unspecified atom stereocenters. The maximum absolute atomic E-state index is 14.3. The highest BCUT2D eigenvalue weighted by atomic mass is 19.1. The number of hydrogen-bond donors (Lipinski definition) is 2. The predicted molar refractivity (Wildman–Crippen MR) is 130 cm³/mol. The van der Waals surface area contributed by atoms with Gasteiger partial charge in [0.1, 0.15) is 0 Å². The molecule has 1 aliphatic carbocycles. The van der Waals surface area contributed by atoms with E-state index in [0.29, 0.717) is 31.1 Å². The molecule has 1 spiro atoms. The number of ether oxygens (including phenoxy) is 1. The van der Waals surface area contributed by atoms with E-state index in [1.807, 2.05) is 4.90 Å². The zero-order valence-electron chi connectivity index (χ0n) is 20.6. The maximum Gasteiger partial charge on any atom is 0.274 e. The number of nitrogens with zero attached hydrogens (tertiary/aromatic N) is 4. The van der Waals surface area contributed by atoms with Gasteiger partial charge in [-0.15, -0.1) is 0 Å². The normalized spacial score (nSPS) is 27.1. The number of fused-ring (bicyclic) bond motifs is 1. The Labute approximate surface area is 209 Å². The first-order valence-corrected chi connectivity index (χ1v) is 13.1. The molecule has 4 aliphatic rings. The summed E-state index contributed by atoms with van der Waals surface area (Å²) in [5.74, 6) is -0.356. The lowest BCUT2D eigenvalue weighted by atomic mass is 9.87. The average molecular weight is 497 g/mol. The van der Waals surface area contributed by atoms with Crippen LogP contribution in [0.3, 0.4) is 0 Å². The Bertz CT molecular complexity index is 1160. The van der Waals surface area contributed by atoms with Crippen LogP contribution in [0, 0.1) is 11.7 Å². The number of rotatable bonds is 5. The van der Waals surface area contributed by atoms with Gasteiger partial charge in [0.25, 0.3) is 5.91 Å². The minimum absolute atomic E-state index is 0.0685. The van der Waals surface area contributed by atoms with Crippen LogP contribution in [0.2, 0.25) is 0 Å². The molecule has 1 saturated carbocycles. The van der Waals surface area contributed by atoms with Crippen molar-refractivity contribution in [3.8, 4) is 17.1 Å². The number of halogens is 1. The lowest BCUT2D eigenvalue weighted by molar-refractivity contribution is -0.128. The number of methoxy groups -OCH3 is 1. The van der Waals surface area contributed by atoms with Crippen molar-refractivity contribution in [2.45, 2.75) is 69.0 Å². The molecule has 3 saturated heterocycles. The summed E-state index contributed by atoms with van der Waals surface area (Å²) in [4.78, 5) is 34.8. The Hall–Kier alpha value is -3.01. The first-order chi connectivity index (χ1) is 17.5. The number of likely N-dealkylation sites (tertiary alicyclic amines) is 1. The number of H-pyrrole nitrogens is 1. The zero-order valence-corrected chi connectivity index (χ0v) is 20.6. The van der Waals surface area contributed by atoms with Gasteiger partial charge >= 0.3 is 0 Å². The van der Waals surface area contributed by atoms with E-state index >= 15 is 0 Å². The highest BCUT2D eigenvalue weighted by molar-refractivity contribution is 5.94. The predicted octanol–water partition coefficient (Wildman–Crippen LogP) is 2.75. The maximum atomic E-state index is 14.3. The van der Waals surface area contributed by atoms with E-state index in [1.165, 1.54) is 32.4 Å². The van der Waals surface area contributed by atoms with Crippen LogP contribution in [0.25, 0.3) is 11.3 Å². The summed E-state index contributed by atoms with van der Waals surface area (Å²) in [7, 11) is 1.46. The number of hydrogen-bond acceptors (Lipinski definition) is 6. The second kappa shape index (κ2) is 9.14. The summed E-state index contributed by atoms with van der Waals surface area (Å²) >= 11 is 0. The fourth-order valence-corrected chi connectivity index (χ4v) is 6.46. The standard InChI is InChI=1S/C26H33FN6O3/c1-36-23-11-19(20(27)14-28-23)21-12-22(31-30-21)25(35)33-10-6-16(13-26(33)7-8-26)24(34)29-17-4-5-18-3-2-9-32(18)15-17/h11-12,14,16-18H,2-10,13,15H2,1H3,(H,29,34)(H,30,31)/t16-,17+,18+/m0/s1. The van der Waals surface area contributed by atoms with E-state index in [1.54, 1.807) is 6.07 Å². The monoisotopic (exact) mass is 496 g/mol. The molecule has 9 nitrogen and oxygen atoms in total. The van der Waals surface area contributed by atoms with Gasteiger partial charge in [-0.25, -0.2) is 9.37 Å². The molecule has 0 aromatic carbocycles. The van der Waals surface area contributed by atoms with Crippen LogP contribution in [0.15, 0.2) is 18.3 Å². The van der Waals surface area contributed by atoms with Gasteiger partial charge in [-0.1, -0.05) is 0 Å². The first kappa shape index (κ1) is 23.4. The number of aromatic amines is 1. The molecular formula is C26H33FN6O3. The Morgan fingerprint density at radius 3 is 2.86 bits per heavy atom. The van der Waals surface area contributed by atoms with Crippen LogP contribution in [0.1, 0.15) is 61.9 Å². The molecule has 2 aromatic rings. The molecular weight excluding hydrogens is 463 g/mol. The van der Waals surface area contributed by atoms with Crippen molar-refractivity contribution in [2.24, 2.45) is 5.92 Å². The number of piperidine rings is 2. The molecule has 2 aromatic heterocycles. The van der Waals surface area contributed by atoms with Crippen LogP contribution in [-0.2, 0) is 4.79 Å². The van der Waals surface area contributed by atoms with E-state index in [9.17, 15) is 14.0 Å². The molecule has 0 radical (unpaired) electrons. The van der Waals surface area contributed by atoms with Gasteiger partial charge < -0.3 is 15.0 Å². The molecule has 0 bridgehead atoms. The van der Waals surface area contributed by atoms with Gasteiger partial charge in [-0.3, -0.25) is 19.6 Å². The van der Waals surface area contributed by atoms with Gasteiger partial charge in [-0.05, 0) is 64.0 Å². The molecule has 10 heteroatoms. The van der Waals surface area contributed by atoms with E-state index < -0.39 is 5.82 Å². The van der Waals surface area contributed by atoms with E-state index in [4.69, 9.17) is 4.74 Å². The Morgan fingerprint density at radius 2 is 2.06 bits per heavy atom. The van der Waals surface area contributed by atoms with Gasteiger partial charge in [0.05, 0.1) is 19.0 Å². The number of nitrogens with one attached hydrogen (secondary N) is 2. The fraction of sp³-hybridized carbons (Fsp3) is 0.615. The second-order valence-corrected chi connectivity index (χ2v) is 10.8. The quantitative estimate of drug-likeness (QED) is 0.660. The molecule has 2 N–H and O–H groups in total. The van der Waals surface area contributed by atoms with Gasteiger partial charge in [0, 0.05) is 48.3 Å². The van der Waals surface area contributed by atoms with Gasteiger partial charge in [0.15, 0.2) is 11.5 Å². The number of pyridine rings is 1. The van der Waals surface area contributed by atoms with E-state index in [-0.39, 0.29) is 46.5 Å². The molecule has 3 atom stereocenters.